The van der Waals surface area contributed by atoms with Crippen LogP contribution < -0.4 is 5.32 Å². The highest BCUT2D eigenvalue weighted by Crippen LogP contribution is 2.22. The van der Waals surface area contributed by atoms with E-state index in [9.17, 15) is 0 Å². The molecule has 2 heterocycles. The molecule has 4 aromatic rings. The number of aromatic amines is 1. The lowest BCUT2D eigenvalue weighted by Crippen LogP contribution is -2.17. The predicted molar refractivity (Wildman–Crippen MR) is 109 cm³/mol. The molecule has 0 aliphatic rings. The summed E-state index contributed by atoms with van der Waals surface area (Å²) >= 11 is 0. The molecule has 0 bridgehead atoms. The Hall–Kier alpha value is -3.24. The predicted octanol–water partition coefficient (Wildman–Crippen LogP) is 4.99. The summed E-state index contributed by atoms with van der Waals surface area (Å²) in [5.74, 6) is 0. The lowest BCUT2D eigenvalue weighted by Gasteiger charge is -2.15. The highest BCUT2D eigenvalue weighted by atomic mass is 15.1. The molecular formula is C23H22N4. The van der Waals surface area contributed by atoms with E-state index in [1.165, 1.54) is 22.3 Å². The van der Waals surface area contributed by atoms with Crippen LogP contribution in [0.15, 0.2) is 85.3 Å². The van der Waals surface area contributed by atoms with E-state index >= 15 is 0 Å². The summed E-state index contributed by atoms with van der Waals surface area (Å²) in [5.41, 5.74) is 7.13. The van der Waals surface area contributed by atoms with Gasteiger partial charge >= 0.3 is 0 Å². The standard InChI is InChI=1S/C23H22N4/c1-17(19-6-8-20(9-7-19)21-10-13-24-14-11-21)25-16-18-2-4-22(5-3-18)23-12-15-26-27-23/h2-15,17,25H,16H2,1H3,(H,26,27). The topological polar surface area (TPSA) is 53.6 Å². The van der Waals surface area contributed by atoms with Crippen molar-refractivity contribution in [2.45, 2.75) is 19.5 Å². The Balaban J connectivity index is 1.37. The second-order valence-electron chi connectivity index (χ2n) is 6.63. The first-order valence-corrected chi connectivity index (χ1v) is 9.12. The van der Waals surface area contributed by atoms with Crippen LogP contribution >= 0.6 is 0 Å². The monoisotopic (exact) mass is 354 g/mol. The number of benzene rings is 2. The van der Waals surface area contributed by atoms with Crippen LogP contribution in [0.2, 0.25) is 0 Å². The average Bonchev–Trinajstić information content (AvgIpc) is 3.28. The number of rotatable bonds is 6. The molecule has 0 amide bonds. The van der Waals surface area contributed by atoms with Gasteiger partial charge in [0.2, 0.25) is 0 Å². The molecule has 1 atom stereocenters. The minimum absolute atomic E-state index is 0.281. The number of nitrogens with zero attached hydrogens (tertiary/aromatic N) is 2. The zero-order valence-electron chi connectivity index (χ0n) is 15.3. The molecule has 0 spiro atoms. The van der Waals surface area contributed by atoms with E-state index < -0.39 is 0 Å². The lowest BCUT2D eigenvalue weighted by molar-refractivity contribution is 0.575. The molecule has 2 N–H and O–H groups in total. The van der Waals surface area contributed by atoms with Gasteiger partial charge in [0.1, 0.15) is 0 Å². The van der Waals surface area contributed by atoms with Crippen molar-refractivity contribution in [2.24, 2.45) is 0 Å². The number of pyridine rings is 1. The third kappa shape index (κ3) is 4.13. The highest BCUT2D eigenvalue weighted by Gasteiger charge is 2.06. The number of hydrogen-bond donors (Lipinski definition) is 2. The van der Waals surface area contributed by atoms with E-state index in [2.05, 4.69) is 76.0 Å². The first-order valence-electron chi connectivity index (χ1n) is 9.12. The first kappa shape index (κ1) is 17.2. The van der Waals surface area contributed by atoms with Crippen molar-refractivity contribution in [2.75, 3.05) is 0 Å². The number of aromatic nitrogens is 3. The third-order valence-corrected chi connectivity index (χ3v) is 4.80. The highest BCUT2D eigenvalue weighted by molar-refractivity contribution is 5.63. The second-order valence-corrected chi connectivity index (χ2v) is 6.63. The van der Waals surface area contributed by atoms with Gasteiger partial charge in [-0.1, -0.05) is 48.5 Å². The van der Waals surface area contributed by atoms with Gasteiger partial charge in [-0.15, -0.1) is 0 Å². The van der Waals surface area contributed by atoms with Crippen molar-refractivity contribution in [3.63, 3.8) is 0 Å². The molecule has 2 aromatic carbocycles. The normalized spacial score (nSPS) is 12.0. The largest absolute Gasteiger partial charge is 0.306 e. The Kier molecular flexibility index (Phi) is 5.08. The molecule has 4 heteroatoms. The maximum Gasteiger partial charge on any atom is 0.0650 e. The molecule has 4 rings (SSSR count). The molecule has 0 saturated heterocycles. The van der Waals surface area contributed by atoms with E-state index in [-0.39, 0.29) is 6.04 Å². The van der Waals surface area contributed by atoms with Crippen LogP contribution in [0.5, 0.6) is 0 Å². The van der Waals surface area contributed by atoms with Crippen LogP contribution in [-0.2, 0) is 6.54 Å². The second kappa shape index (κ2) is 7.98. The molecule has 0 aliphatic carbocycles. The smallest absolute Gasteiger partial charge is 0.0650 e. The number of H-pyrrole nitrogens is 1. The Morgan fingerprint density at radius 3 is 2.11 bits per heavy atom. The van der Waals surface area contributed by atoms with Crippen molar-refractivity contribution in [3.05, 3.63) is 96.4 Å². The third-order valence-electron chi connectivity index (χ3n) is 4.80. The molecular weight excluding hydrogens is 332 g/mol. The maximum absolute atomic E-state index is 4.07. The fourth-order valence-electron chi connectivity index (χ4n) is 3.12. The van der Waals surface area contributed by atoms with Crippen LogP contribution in [0.1, 0.15) is 24.1 Å². The van der Waals surface area contributed by atoms with Crippen molar-refractivity contribution in [3.8, 4) is 22.4 Å². The first-order chi connectivity index (χ1) is 13.3. The van der Waals surface area contributed by atoms with Gasteiger partial charge in [0.15, 0.2) is 0 Å². The summed E-state index contributed by atoms with van der Waals surface area (Å²) in [6.45, 7) is 3.02. The number of nitrogens with one attached hydrogen (secondary N) is 2. The van der Waals surface area contributed by atoms with Gasteiger partial charge in [0.25, 0.3) is 0 Å². The molecule has 2 aromatic heterocycles. The van der Waals surface area contributed by atoms with Crippen LogP contribution in [0.3, 0.4) is 0 Å². The molecule has 27 heavy (non-hydrogen) atoms. The van der Waals surface area contributed by atoms with Gasteiger partial charge in [-0.2, -0.15) is 5.10 Å². The molecule has 1 unspecified atom stereocenters. The van der Waals surface area contributed by atoms with Gasteiger partial charge in [-0.25, -0.2) is 0 Å². The summed E-state index contributed by atoms with van der Waals surface area (Å²) in [6.07, 6.45) is 5.42. The SMILES string of the molecule is CC(NCc1ccc(-c2ccn[nH]2)cc1)c1ccc(-c2ccncc2)cc1. The molecule has 0 aliphatic heterocycles. The Labute approximate surface area is 159 Å². The van der Waals surface area contributed by atoms with Gasteiger partial charge in [-0.05, 0) is 52.9 Å². The van der Waals surface area contributed by atoms with E-state index in [4.69, 9.17) is 0 Å². The van der Waals surface area contributed by atoms with E-state index in [1.54, 1.807) is 6.20 Å². The molecule has 4 nitrogen and oxygen atoms in total. The number of hydrogen-bond acceptors (Lipinski definition) is 3. The van der Waals surface area contributed by atoms with Gasteiger partial charge in [-0.3, -0.25) is 10.1 Å². The Morgan fingerprint density at radius 1 is 0.778 bits per heavy atom. The van der Waals surface area contributed by atoms with Gasteiger partial charge in [0, 0.05) is 31.2 Å². The molecule has 0 radical (unpaired) electrons. The van der Waals surface area contributed by atoms with Crippen molar-refractivity contribution < 1.29 is 0 Å². The fraction of sp³-hybridized carbons (Fsp3) is 0.130. The molecule has 134 valence electrons. The minimum Gasteiger partial charge on any atom is -0.306 e. The van der Waals surface area contributed by atoms with Gasteiger partial charge in [0.05, 0.1) is 5.69 Å². The zero-order valence-corrected chi connectivity index (χ0v) is 15.3. The van der Waals surface area contributed by atoms with Crippen molar-refractivity contribution >= 4 is 0 Å². The van der Waals surface area contributed by atoms with Crippen LogP contribution in [-0.4, -0.2) is 15.2 Å². The minimum atomic E-state index is 0.281. The Morgan fingerprint density at radius 2 is 1.44 bits per heavy atom. The summed E-state index contributed by atoms with van der Waals surface area (Å²) in [5, 5.41) is 10.6. The summed E-state index contributed by atoms with van der Waals surface area (Å²) in [6, 6.07) is 23.6. The van der Waals surface area contributed by atoms with E-state index in [0.717, 1.165) is 17.8 Å². The Bertz CT molecular complexity index is 959. The van der Waals surface area contributed by atoms with E-state index in [0.29, 0.717) is 0 Å². The van der Waals surface area contributed by atoms with Crippen molar-refractivity contribution in [1.29, 1.82) is 0 Å². The quantitative estimate of drug-likeness (QED) is 0.513. The summed E-state index contributed by atoms with van der Waals surface area (Å²) in [4.78, 5) is 4.07. The average molecular weight is 354 g/mol. The fourth-order valence-corrected chi connectivity index (χ4v) is 3.12. The van der Waals surface area contributed by atoms with Crippen LogP contribution in [0.4, 0.5) is 0 Å². The molecule has 0 saturated carbocycles. The molecule has 0 fully saturated rings. The van der Waals surface area contributed by atoms with Gasteiger partial charge < -0.3 is 5.32 Å². The van der Waals surface area contributed by atoms with Crippen LogP contribution in [0, 0.1) is 0 Å². The van der Waals surface area contributed by atoms with Crippen molar-refractivity contribution in [1.82, 2.24) is 20.5 Å². The zero-order chi connectivity index (χ0) is 18.5. The van der Waals surface area contributed by atoms with E-state index in [1.807, 2.05) is 30.6 Å². The maximum atomic E-state index is 4.07. The summed E-state index contributed by atoms with van der Waals surface area (Å²) in [7, 11) is 0. The van der Waals surface area contributed by atoms with Crippen LogP contribution in [0.25, 0.3) is 22.4 Å². The summed E-state index contributed by atoms with van der Waals surface area (Å²) < 4.78 is 0. The lowest BCUT2D eigenvalue weighted by atomic mass is 10.0.